The second kappa shape index (κ2) is 19.5. The van der Waals surface area contributed by atoms with Crippen LogP contribution in [0.15, 0.2) is 42.5 Å². The van der Waals surface area contributed by atoms with Crippen LogP contribution in [0.4, 0.5) is 0 Å². The fraction of sp³-hybridized carbons (Fsp3) is 0.583. The molecule has 15 atom stereocenters. The van der Waals surface area contributed by atoms with Crippen molar-refractivity contribution in [3.05, 3.63) is 53.6 Å². The summed E-state index contributed by atoms with van der Waals surface area (Å²) in [6, 6.07) is 8.65. The zero-order valence-corrected chi connectivity index (χ0v) is 31.2. The molecule has 2 aromatic carbocycles. The number of aromatic hydroxyl groups is 2. The number of hydrogen-bond acceptors (Lipinski definition) is 22. The van der Waals surface area contributed by atoms with Gasteiger partial charge < -0.3 is 98.8 Å². The second-order valence-corrected chi connectivity index (χ2v) is 13.4. The van der Waals surface area contributed by atoms with Crippen LogP contribution in [0.1, 0.15) is 11.1 Å². The maximum absolute atomic E-state index is 13.4. The van der Waals surface area contributed by atoms with E-state index in [-0.39, 0.29) is 36.0 Å². The Morgan fingerprint density at radius 2 is 1.43 bits per heavy atom. The van der Waals surface area contributed by atoms with Crippen molar-refractivity contribution in [3.63, 3.8) is 0 Å². The van der Waals surface area contributed by atoms with Crippen LogP contribution in [0.25, 0.3) is 6.08 Å². The molecule has 324 valence electrons. The second-order valence-electron chi connectivity index (χ2n) is 13.4. The number of phenolic OH excluding ortho intramolecular Hbond substituents is 2. The molecule has 0 radical (unpaired) electrons. The average molecular weight is 833 g/mol. The van der Waals surface area contributed by atoms with Crippen LogP contribution < -0.4 is 9.47 Å². The molecule has 11 N–H and O–H groups in total. The van der Waals surface area contributed by atoms with Crippen molar-refractivity contribution in [2.24, 2.45) is 0 Å². The smallest absolute Gasteiger partial charge is 0.331 e. The maximum Gasteiger partial charge on any atom is 0.331 e. The van der Waals surface area contributed by atoms with Crippen molar-refractivity contribution in [3.8, 4) is 23.0 Å². The van der Waals surface area contributed by atoms with Gasteiger partial charge in [-0.3, -0.25) is 4.74 Å². The van der Waals surface area contributed by atoms with E-state index in [1.54, 1.807) is 6.07 Å². The van der Waals surface area contributed by atoms with Crippen molar-refractivity contribution >= 4 is 12.0 Å². The lowest BCUT2D eigenvalue weighted by molar-refractivity contribution is -0.493. The molecule has 3 saturated heterocycles. The molecule has 22 nitrogen and oxygen atoms in total. The molecule has 3 aliphatic heterocycles. The number of rotatable bonds is 15. The van der Waals surface area contributed by atoms with Gasteiger partial charge >= 0.3 is 11.9 Å². The topological polar surface area (TPSA) is 332 Å². The monoisotopic (exact) mass is 832 g/mol. The van der Waals surface area contributed by atoms with Gasteiger partial charge in [0.05, 0.1) is 27.4 Å². The summed E-state index contributed by atoms with van der Waals surface area (Å²) >= 11 is 0. The number of aliphatic hydroxyl groups is 9. The number of hydrogen-bond donors (Lipinski definition) is 11. The van der Waals surface area contributed by atoms with Gasteiger partial charge in [0.15, 0.2) is 60.4 Å². The highest BCUT2D eigenvalue weighted by Crippen LogP contribution is 2.37. The van der Waals surface area contributed by atoms with E-state index < -0.39 is 105 Å². The summed E-state index contributed by atoms with van der Waals surface area (Å²) < 4.78 is 54.3. The van der Waals surface area contributed by atoms with Gasteiger partial charge in [0.2, 0.25) is 0 Å². The Labute approximate surface area is 330 Å². The Hall–Kier alpha value is -3.79. The van der Waals surface area contributed by atoms with Crippen LogP contribution in [0, 0.1) is 0 Å². The normalized spacial score (nSPS) is 36.8. The van der Waals surface area contributed by atoms with Crippen LogP contribution in [0.2, 0.25) is 0 Å². The molecule has 0 amide bonds. The van der Waals surface area contributed by atoms with Crippen molar-refractivity contribution in [1.82, 2.24) is 0 Å². The summed E-state index contributed by atoms with van der Waals surface area (Å²) in [4.78, 5) is 13.4. The largest absolute Gasteiger partial charge is 0.504 e. The number of carbonyl (C=O) groups is 1. The number of phenols is 2. The lowest BCUT2D eigenvalue weighted by Crippen LogP contribution is -2.70. The molecule has 3 heterocycles. The molecule has 5 rings (SSSR count). The fourth-order valence-electron chi connectivity index (χ4n) is 6.27. The van der Waals surface area contributed by atoms with Crippen LogP contribution in [-0.2, 0) is 49.1 Å². The predicted octanol–water partition coefficient (Wildman–Crippen LogP) is -3.72. The third kappa shape index (κ3) is 10.1. The standard InChI is InChI=1S/C36H48O22/c1-49-19-8-5-16(12-18(19)38)10-11-52-35-28(45)30(57-36(48)31(46)24(41)27(44)33(51-3)58-36)29(55-22(39)9-6-15-4-7-17(37)20(13-15)50-2)21(54-35)14-53-34-26(43)23(40)25(42)32(47)56-34/h4-9,12-13,21,23-35,37-38,40-48H,10-11,14H2,1-3H3/b9-6+/t21-,23+,24-,25+,26-,27-,28-,29-,30-,31-,32+,33-,34-,35-,36-/m1/s1. The molecule has 0 aromatic heterocycles. The number of carbonyl (C=O) groups excluding carboxylic acids is 1. The Balaban J connectivity index is 1.47. The first kappa shape index (κ1) is 45.3. The first-order chi connectivity index (χ1) is 27.5. The van der Waals surface area contributed by atoms with Gasteiger partial charge in [-0.05, 0) is 47.9 Å². The summed E-state index contributed by atoms with van der Waals surface area (Å²) in [7, 11) is 3.72. The Morgan fingerprint density at radius 3 is 2.10 bits per heavy atom. The maximum atomic E-state index is 13.4. The highest BCUT2D eigenvalue weighted by molar-refractivity contribution is 5.87. The highest BCUT2D eigenvalue weighted by Gasteiger charge is 2.59. The molecule has 58 heavy (non-hydrogen) atoms. The molecule has 0 spiro atoms. The third-order valence-electron chi connectivity index (χ3n) is 9.52. The number of aliphatic hydroxyl groups excluding tert-OH is 8. The molecule has 0 aliphatic carbocycles. The number of benzene rings is 2. The number of esters is 1. The van der Waals surface area contributed by atoms with Gasteiger partial charge in [-0.2, -0.15) is 0 Å². The van der Waals surface area contributed by atoms with E-state index in [9.17, 15) is 61.0 Å². The summed E-state index contributed by atoms with van der Waals surface area (Å²) in [5.41, 5.74) is 0.904. The molecule has 0 bridgehead atoms. The van der Waals surface area contributed by atoms with E-state index in [1.807, 2.05) is 0 Å². The minimum Gasteiger partial charge on any atom is -0.504 e. The van der Waals surface area contributed by atoms with E-state index in [0.29, 0.717) is 11.1 Å². The first-order valence-electron chi connectivity index (χ1n) is 17.7. The lowest BCUT2D eigenvalue weighted by atomic mass is 9.97. The molecule has 0 saturated carbocycles. The predicted molar refractivity (Wildman–Crippen MR) is 187 cm³/mol. The molecule has 3 fully saturated rings. The van der Waals surface area contributed by atoms with Gasteiger partial charge in [0.25, 0.3) is 0 Å². The van der Waals surface area contributed by atoms with Gasteiger partial charge in [-0.25, -0.2) is 4.79 Å². The molecular formula is C36H48O22. The van der Waals surface area contributed by atoms with E-state index in [0.717, 1.165) is 13.2 Å². The average Bonchev–Trinajstić information content (AvgIpc) is 3.20. The first-order valence-corrected chi connectivity index (χ1v) is 17.7. The Bertz CT molecular complexity index is 1690. The summed E-state index contributed by atoms with van der Waals surface area (Å²) in [6.45, 7) is -1.02. The van der Waals surface area contributed by atoms with Gasteiger partial charge in [-0.15, -0.1) is 0 Å². The lowest BCUT2D eigenvalue weighted by Gasteiger charge is -2.49. The highest BCUT2D eigenvalue weighted by atomic mass is 16.9. The zero-order chi connectivity index (χ0) is 42.5. The minimum atomic E-state index is -3.30. The van der Waals surface area contributed by atoms with Crippen molar-refractivity contribution < 1.29 is 108 Å². The van der Waals surface area contributed by atoms with Crippen LogP contribution in [0.5, 0.6) is 23.0 Å². The summed E-state index contributed by atoms with van der Waals surface area (Å²) in [6.07, 6.45) is -25.1. The fourth-order valence-corrected chi connectivity index (χ4v) is 6.27. The van der Waals surface area contributed by atoms with E-state index in [4.69, 9.17) is 47.4 Å². The molecule has 3 aliphatic rings. The summed E-state index contributed by atoms with van der Waals surface area (Å²) in [5.74, 6) is -4.51. The molecule has 0 unspecified atom stereocenters. The van der Waals surface area contributed by atoms with E-state index in [2.05, 4.69) is 0 Å². The van der Waals surface area contributed by atoms with Crippen LogP contribution in [-0.4, -0.2) is 189 Å². The zero-order valence-electron chi connectivity index (χ0n) is 31.2. The van der Waals surface area contributed by atoms with Crippen molar-refractivity contribution in [1.29, 1.82) is 0 Å². The van der Waals surface area contributed by atoms with Gasteiger partial charge in [0, 0.05) is 13.2 Å². The third-order valence-corrected chi connectivity index (χ3v) is 9.52. The van der Waals surface area contributed by atoms with Crippen LogP contribution >= 0.6 is 0 Å². The van der Waals surface area contributed by atoms with Crippen LogP contribution in [0.3, 0.4) is 0 Å². The minimum absolute atomic E-state index is 0.0793. The van der Waals surface area contributed by atoms with Gasteiger partial charge in [0.1, 0.15) is 48.8 Å². The Kier molecular flexibility index (Phi) is 15.2. The number of methoxy groups -OCH3 is 3. The molecule has 22 heteroatoms. The molecule has 2 aromatic rings. The Morgan fingerprint density at radius 1 is 0.741 bits per heavy atom. The summed E-state index contributed by atoms with van der Waals surface area (Å²) in [5, 5.41) is 116. The number of ether oxygens (including phenoxy) is 10. The van der Waals surface area contributed by atoms with E-state index in [1.165, 1.54) is 50.6 Å². The van der Waals surface area contributed by atoms with E-state index >= 15 is 0 Å². The van der Waals surface area contributed by atoms with Gasteiger partial charge in [-0.1, -0.05) is 12.1 Å². The quantitative estimate of drug-likeness (QED) is 0.0467. The van der Waals surface area contributed by atoms with Crippen molar-refractivity contribution in [2.45, 2.75) is 98.6 Å². The molecular weight excluding hydrogens is 784 g/mol. The van der Waals surface area contributed by atoms with Crippen molar-refractivity contribution in [2.75, 3.05) is 34.5 Å². The SMILES string of the molecule is COc1ccc(CCO[C@@H]2O[C@H](CO[C@@H]3O[C@H](O)[C@@H](O)[C@H](O)[C@H]3O)[C@@H](OC(=O)/C=C/c3ccc(O)c(OC)c3)[C@H](O[C@@]3(O)O[C@@H](OC)[C@H](O)[C@@H](O)[C@H]3O)[C@H]2O)cc1O.